The lowest BCUT2D eigenvalue weighted by Gasteiger charge is -2.37. The monoisotopic (exact) mass is 385 g/mol. The Labute approximate surface area is 170 Å². The van der Waals surface area contributed by atoms with Crippen molar-refractivity contribution in [2.24, 2.45) is 0 Å². The van der Waals surface area contributed by atoms with E-state index in [2.05, 4.69) is 34.3 Å². The van der Waals surface area contributed by atoms with Crippen molar-refractivity contribution in [2.45, 2.75) is 31.8 Å². The Morgan fingerprint density at radius 1 is 0.966 bits per heavy atom. The van der Waals surface area contributed by atoms with Crippen molar-refractivity contribution in [3.8, 4) is 0 Å². The number of anilines is 1. The normalized spacial score (nSPS) is 18.4. The highest BCUT2D eigenvalue weighted by Crippen LogP contribution is 2.34. The van der Waals surface area contributed by atoms with Crippen molar-refractivity contribution in [3.05, 3.63) is 89.2 Å². The summed E-state index contributed by atoms with van der Waals surface area (Å²) in [5.74, 6) is 0.0773. The van der Waals surface area contributed by atoms with Crippen LogP contribution in [0.3, 0.4) is 0 Å². The lowest BCUT2D eigenvalue weighted by atomic mass is 9.98. The molecule has 5 heteroatoms. The van der Waals surface area contributed by atoms with Crippen LogP contribution in [0, 0.1) is 0 Å². The Morgan fingerprint density at radius 3 is 2.69 bits per heavy atom. The molecule has 3 heterocycles. The molecule has 0 unspecified atom stereocenters. The molecule has 0 saturated heterocycles. The second-order valence-electron chi connectivity index (χ2n) is 7.71. The third-order valence-corrected chi connectivity index (χ3v) is 5.89. The molecule has 1 aromatic heterocycles. The zero-order valence-corrected chi connectivity index (χ0v) is 16.2. The Hall–Kier alpha value is -3.34. The number of amides is 2. The SMILES string of the molecule is O=C1CCCc2cc(C(=O)N3CCn4cccc4[C@H]3c3ccccc3)ccc2N1. The summed E-state index contributed by atoms with van der Waals surface area (Å²) in [6.45, 7) is 1.45. The molecule has 1 atom stereocenters. The van der Waals surface area contributed by atoms with Crippen molar-refractivity contribution in [1.82, 2.24) is 9.47 Å². The van der Waals surface area contributed by atoms with E-state index in [1.165, 1.54) is 0 Å². The van der Waals surface area contributed by atoms with Gasteiger partial charge >= 0.3 is 0 Å². The molecule has 5 nitrogen and oxygen atoms in total. The topological polar surface area (TPSA) is 54.3 Å². The number of fused-ring (bicyclic) bond motifs is 2. The number of rotatable bonds is 2. The summed E-state index contributed by atoms with van der Waals surface area (Å²) >= 11 is 0. The zero-order valence-electron chi connectivity index (χ0n) is 16.2. The molecular weight excluding hydrogens is 362 g/mol. The number of hydrogen-bond donors (Lipinski definition) is 1. The van der Waals surface area contributed by atoms with Gasteiger partial charge in [0.15, 0.2) is 0 Å². The molecule has 2 aliphatic heterocycles. The van der Waals surface area contributed by atoms with Crippen LogP contribution in [0.4, 0.5) is 5.69 Å². The number of nitrogens with one attached hydrogen (secondary N) is 1. The summed E-state index contributed by atoms with van der Waals surface area (Å²) in [7, 11) is 0. The van der Waals surface area contributed by atoms with Gasteiger partial charge in [0, 0.05) is 42.7 Å². The van der Waals surface area contributed by atoms with Gasteiger partial charge in [-0.05, 0) is 54.3 Å². The van der Waals surface area contributed by atoms with Crippen LogP contribution in [0.5, 0.6) is 0 Å². The van der Waals surface area contributed by atoms with E-state index in [0.29, 0.717) is 18.5 Å². The van der Waals surface area contributed by atoms with Crippen LogP contribution in [0.15, 0.2) is 66.9 Å². The molecule has 0 saturated carbocycles. The molecule has 2 amide bonds. The fraction of sp³-hybridized carbons (Fsp3) is 0.250. The fourth-order valence-corrected chi connectivity index (χ4v) is 4.46. The molecule has 5 rings (SSSR count). The van der Waals surface area contributed by atoms with Crippen molar-refractivity contribution >= 4 is 17.5 Å². The molecule has 0 aliphatic carbocycles. The van der Waals surface area contributed by atoms with E-state index in [1.54, 1.807) is 0 Å². The van der Waals surface area contributed by atoms with Gasteiger partial charge in [-0.25, -0.2) is 0 Å². The smallest absolute Gasteiger partial charge is 0.254 e. The van der Waals surface area contributed by atoms with E-state index >= 15 is 0 Å². The van der Waals surface area contributed by atoms with Gasteiger partial charge in [-0.2, -0.15) is 0 Å². The van der Waals surface area contributed by atoms with Crippen LogP contribution < -0.4 is 5.32 Å². The molecule has 146 valence electrons. The highest BCUT2D eigenvalue weighted by Gasteiger charge is 2.32. The molecule has 0 spiro atoms. The summed E-state index contributed by atoms with van der Waals surface area (Å²) in [5, 5.41) is 2.95. The minimum Gasteiger partial charge on any atom is -0.348 e. The molecule has 0 radical (unpaired) electrons. The summed E-state index contributed by atoms with van der Waals surface area (Å²) < 4.78 is 2.23. The summed E-state index contributed by atoms with van der Waals surface area (Å²) in [6.07, 6.45) is 4.22. The van der Waals surface area contributed by atoms with E-state index in [-0.39, 0.29) is 17.9 Å². The van der Waals surface area contributed by atoms with Crippen LogP contribution in [-0.2, 0) is 17.8 Å². The maximum Gasteiger partial charge on any atom is 0.254 e. The van der Waals surface area contributed by atoms with E-state index in [4.69, 9.17) is 0 Å². The predicted octanol–water partition coefficient (Wildman–Crippen LogP) is 4.01. The first-order valence-electron chi connectivity index (χ1n) is 10.1. The predicted molar refractivity (Wildman–Crippen MR) is 112 cm³/mol. The van der Waals surface area contributed by atoms with Crippen molar-refractivity contribution < 1.29 is 9.59 Å². The molecule has 2 aliphatic rings. The Balaban J connectivity index is 1.52. The Morgan fingerprint density at radius 2 is 1.83 bits per heavy atom. The maximum absolute atomic E-state index is 13.6. The van der Waals surface area contributed by atoms with Gasteiger partial charge in [-0.3, -0.25) is 9.59 Å². The van der Waals surface area contributed by atoms with Gasteiger partial charge in [0.25, 0.3) is 5.91 Å². The molecular formula is C24H23N3O2. The highest BCUT2D eigenvalue weighted by molar-refractivity contribution is 5.97. The Kier molecular flexibility index (Phi) is 4.43. The molecule has 3 aromatic rings. The number of nitrogens with zero attached hydrogens (tertiary/aromatic N) is 2. The van der Waals surface area contributed by atoms with Gasteiger partial charge < -0.3 is 14.8 Å². The number of carbonyl (C=O) groups is 2. The van der Waals surface area contributed by atoms with Crippen LogP contribution >= 0.6 is 0 Å². The van der Waals surface area contributed by atoms with Gasteiger partial charge in [-0.15, -0.1) is 0 Å². The lowest BCUT2D eigenvalue weighted by Crippen LogP contribution is -2.42. The highest BCUT2D eigenvalue weighted by atomic mass is 16.2. The first-order chi connectivity index (χ1) is 14.2. The molecule has 1 N–H and O–H groups in total. The number of carbonyl (C=O) groups excluding carboxylic acids is 2. The molecule has 0 bridgehead atoms. The second kappa shape index (κ2) is 7.24. The van der Waals surface area contributed by atoms with Crippen molar-refractivity contribution in [2.75, 3.05) is 11.9 Å². The zero-order chi connectivity index (χ0) is 19.8. The number of hydrogen-bond acceptors (Lipinski definition) is 2. The maximum atomic E-state index is 13.6. The van der Waals surface area contributed by atoms with Gasteiger partial charge in [0.2, 0.25) is 5.91 Å². The average molecular weight is 385 g/mol. The lowest BCUT2D eigenvalue weighted by molar-refractivity contribution is -0.116. The third-order valence-electron chi connectivity index (χ3n) is 5.89. The van der Waals surface area contributed by atoms with Crippen LogP contribution in [0.1, 0.15) is 46.1 Å². The van der Waals surface area contributed by atoms with E-state index < -0.39 is 0 Å². The Bertz CT molecular complexity index is 1070. The van der Waals surface area contributed by atoms with Crippen molar-refractivity contribution in [3.63, 3.8) is 0 Å². The van der Waals surface area contributed by atoms with Gasteiger partial charge in [-0.1, -0.05) is 30.3 Å². The number of aryl methyl sites for hydroxylation is 1. The summed E-state index contributed by atoms with van der Waals surface area (Å²) in [5.41, 5.74) is 4.80. The minimum absolute atomic E-state index is 0.0321. The van der Waals surface area contributed by atoms with Crippen LogP contribution in [0.2, 0.25) is 0 Å². The number of aromatic nitrogens is 1. The quantitative estimate of drug-likeness (QED) is 0.725. The van der Waals surface area contributed by atoms with Gasteiger partial charge in [0.1, 0.15) is 0 Å². The second-order valence-corrected chi connectivity index (χ2v) is 7.71. The number of benzene rings is 2. The summed E-state index contributed by atoms with van der Waals surface area (Å²) in [4.78, 5) is 27.4. The third kappa shape index (κ3) is 3.23. The minimum atomic E-state index is -0.106. The van der Waals surface area contributed by atoms with E-state index in [9.17, 15) is 9.59 Å². The molecule has 0 fully saturated rings. The molecule has 2 aromatic carbocycles. The van der Waals surface area contributed by atoms with E-state index in [0.717, 1.165) is 41.9 Å². The first kappa shape index (κ1) is 17.7. The van der Waals surface area contributed by atoms with E-state index in [1.807, 2.05) is 47.4 Å². The van der Waals surface area contributed by atoms with Crippen LogP contribution in [0.25, 0.3) is 0 Å². The van der Waals surface area contributed by atoms with Gasteiger partial charge in [0.05, 0.1) is 6.04 Å². The summed E-state index contributed by atoms with van der Waals surface area (Å²) in [6, 6.07) is 19.9. The van der Waals surface area contributed by atoms with Crippen LogP contribution in [-0.4, -0.2) is 27.8 Å². The van der Waals surface area contributed by atoms with Crippen molar-refractivity contribution in [1.29, 1.82) is 0 Å². The standard InChI is InChI=1S/C24H23N3O2/c28-22-10-4-8-18-16-19(11-12-20(18)25-22)24(29)27-15-14-26-13-5-9-21(26)23(27)17-6-2-1-3-7-17/h1-3,5-7,9,11-13,16,23H,4,8,10,14-15H2,(H,25,28)/t23-/m1/s1. The average Bonchev–Trinajstić information content (AvgIpc) is 3.15. The first-order valence-corrected chi connectivity index (χ1v) is 10.1. The fourth-order valence-electron chi connectivity index (χ4n) is 4.46. The largest absolute Gasteiger partial charge is 0.348 e. The molecule has 29 heavy (non-hydrogen) atoms.